The second kappa shape index (κ2) is 4.66. The molecule has 5 fully saturated rings. The van der Waals surface area contributed by atoms with Gasteiger partial charge >= 0.3 is 0 Å². The summed E-state index contributed by atoms with van der Waals surface area (Å²) < 4.78 is 0. The van der Waals surface area contributed by atoms with E-state index < -0.39 is 11.8 Å². The van der Waals surface area contributed by atoms with E-state index in [0.29, 0.717) is 18.4 Å². The van der Waals surface area contributed by atoms with Crippen LogP contribution in [-0.2, 0) is 0 Å². The standard InChI is InChI=1S/C16H25N3O2/c17-8-13-2-1-3-19(13)14(20)9-18-15-5-11-4-12(7-15)16(21,6-11)10-15/h11-14,18,20-21H,1-7,9-10H2/t11?,12?,13-,14?,15?,16?/m0/s1. The van der Waals surface area contributed by atoms with Gasteiger partial charge in [-0.1, -0.05) is 0 Å². The van der Waals surface area contributed by atoms with Crippen molar-refractivity contribution in [2.75, 3.05) is 13.1 Å². The molecule has 3 N–H and O–H groups in total. The van der Waals surface area contributed by atoms with Crippen molar-refractivity contribution in [1.29, 1.82) is 5.26 Å². The summed E-state index contributed by atoms with van der Waals surface area (Å²) >= 11 is 0. The van der Waals surface area contributed by atoms with E-state index in [4.69, 9.17) is 5.26 Å². The molecular formula is C16H25N3O2. The maximum absolute atomic E-state index is 10.7. The average Bonchev–Trinajstić information content (AvgIpc) is 3.05. The highest BCUT2D eigenvalue weighted by Gasteiger charge is 2.63. The third kappa shape index (κ3) is 2.12. The summed E-state index contributed by atoms with van der Waals surface area (Å²) in [4.78, 5) is 1.91. The Kier molecular flexibility index (Phi) is 3.10. The maximum Gasteiger partial charge on any atom is 0.121 e. The van der Waals surface area contributed by atoms with Crippen LogP contribution >= 0.6 is 0 Å². The van der Waals surface area contributed by atoms with E-state index in [9.17, 15) is 10.2 Å². The highest BCUT2D eigenvalue weighted by Crippen LogP contribution is 2.62. The molecule has 0 aromatic heterocycles. The van der Waals surface area contributed by atoms with Crippen molar-refractivity contribution in [3.05, 3.63) is 0 Å². The Labute approximate surface area is 125 Å². The van der Waals surface area contributed by atoms with Crippen LogP contribution in [0.2, 0.25) is 0 Å². The molecular weight excluding hydrogens is 266 g/mol. The van der Waals surface area contributed by atoms with Crippen LogP contribution in [0.4, 0.5) is 0 Å². The zero-order valence-electron chi connectivity index (χ0n) is 12.5. The molecule has 0 radical (unpaired) electrons. The van der Waals surface area contributed by atoms with E-state index in [2.05, 4.69) is 11.4 Å². The van der Waals surface area contributed by atoms with E-state index in [1.807, 2.05) is 4.90 Å². The molecule has 5 nitrogen and oxygen atoms in total. The summed E-state index contributed by atoms with van der Waals surface area (Å²) in [5, 5.41) is 33.8. The van der Waals surface area contributed by atoms with Crippen LogP contribution in [0.3, 0.4) is 0 Å². The smallest absolute Gasteiger partial charge is 0.121 e. The van der Waals surface area contributed by atoms with Crippen molar-refractivity contribution in [2.45, 2.75) is 68.4 Å². The lowest BCUT2D eigenvalue weighted by atomic mass is 9.75. The van der Waals surface area contributed by atoms with Crippen molar-refractivity contribution in [1.82, 2.24) is 10.2 Å². The number of aliphatic hydroxyl groups is 2. The van der Waals surface area contributed by atoms with E-state index >= 15 is 0 Å². The average molecular weight is 291 g/mol. The molecule has 116 valence electrons. The fourth-order valence-electron chi connectivity index (χ4n) is 5.77. The lowest BCUT2D eigenvalue weighted by molar-refractivity contribution is -0.0144. The molecule has 0 aromatic carbocycles. The predicted octanol–water partition coefficient (Wildman–Crippen LogP) is 0.576. The summed E-state index contributed by atoms with van der Waals surface area (Å²) in [6, 6.07) is 2.14. The zero-order chi connectivity index (χ0) is 14.7. The summed E-state index contributed by atoms with van der Waals surface area (Å²) in [5.41, 5.74) is -0.410. The second-order valence-electron chi connectivity index (χ2n) is 7.86. The molecule has 4 bridgehead atoms. The van der Waals surface area contributed by atoms with Crippen LogP contribution in [-0.4, -0.2) is 51.6 Å². The van der Waals surface area contributed by atoms with Crippen LogP contribution in [0.15, 0.2) is 0 Å². The minimum atomic E-state index is -0.585. The van der Waals surface area contributed by atoms with Gasteiger partial charge in [0.1, 0.15) is 6.23 Å². The van der Waals surface area contributed by atoms with Gasteiger partial charge in [-0.25, -0.2) is 0 Å². The molecule has 4 aliphatic carbocycles. The summed E-state index contributed by atoms with van der Waals surface area (Å²) in [5.74, 6) is 1.12. The number of rotatable bonds is 4. The van der Waals surface area contributed by atoms with E-state index in [1.165, 1.54) is 6.42 Å². The Bertz CT molecular complexity index is 479. The van der Waals surface area contributed by atoms with Gasteiger partial charge in [0, 0.05) is 18.6 Å². The lowest BCUT2D eigenvalue weighted by Gasteiger charge is -2.41. The number of β-amino-alcohol motifs (C(OH)–C–C–N with tert-alkyl or cyclic N) is 1. The van der Waals surface area contributed by atoms with Crippen molar-refractivity contribution in [3.63, 3.8) is 0 Å². The molecule has 1 saturated heterocycles. The monoisotopic (exact) mass is 291 g/mol. The highest BCUT2D eigenvalue weighted by atomic mass is 16.3. The molecule has 0 amide bonds. The van der Waals surface area contributed by atoms with Crippen LogP contribution in [0.25, 0.3) is 0 Å². The number of nitrogens with one attached hydrogen (secondary N) is 1. The first-order valence-electron chi connectivity index (χ1n) is 8.34. The molecule has 0 aromatic rings. The number of hydrogen-bond donors (Lipinski definition) is 3. The van der Waals surface area contributed by atoms with Crippen molar-refractivity contribution in [2.24, 2.45) is 11.8 Å². The van der Waals surface area contributed by atoms with Crippen LogP contribution in [0.5, 0.6) is 0 Å². The topological polar surface area (TPSA) is 79.5 Å². The fourth-order valence-corrected chi connectivity index (χ4v) is 5.77. The van der Waals surface area contributed by atoms with E-state index in [1.54, 1.807) is 0 Å². The van der Waals surface area contributed by atoms with Gasteiger partial charge in [-0.15, -0.1) is 0 Å². The van der Waals surface area contributed by atoms with Gasteiger partial charge in [-0.2, -0.15) is 5.26 Å². The fraction of sp³-hybridized carbons (Fsp3) is 0.938. The summed E-state index contributed by atoms with van der Waals surface area (Å²) in [7, 11) is 0. The number of aliphatic hydroxyl groups excluding tert-OH is 1. The number of hydrogen-bond acceptors (Lipinski definition) is 5. The van der Waals surface area contributed by atoms with Crippen molar-refractivity contribution >= 4 is 0 Å². The van der Waals surface area contributed by atoms with E-state index in [0.717, 1.165) is 45.1 Å². The first-order valence-corrected chi connectivity index (χ1v) is 8.34. The summed E-state index contributed by atoms with van der Waals surface area (Å²) in [6.07, 6.45) is 6.47. The molecule has 1 aliphatic heterocycles. The first-order chi connectivity index (χ1) is 10.0. The SMILES string of the molecule is N#C[C@@H]1CCCN1C(O)CNC12CC3CC(C1)C(O)(C3)C2. The van der Waals surface area contributed by atoms with Crippen LogP contribution < -0.4 is 5.32 Å². The van der Waals surface area contributed by atoms with Gasteiger partial charge in [0.25, 0.3) is 0 Å². The van der Waals surface area contributed by atoms with Crippen LogP contribution in [0.1, 0.15) is 44.9 Å². The van der Waals surface area contributed by atoms with Crippen molar-refractivity contribution in [3.8, 4) is 6.07 Å². The minimum absolute atomic E-state index is 0.0312. The molecule has 6 atom stereocenters. The Morgan fingerprint density at radius 1 is 1.38 bits per heavy atom. The van der Waals surface area contributed by atoms with Gasteiger partial charge in [0.05, 0.1) is 17.7 Å². The Morgan fingerprint density at radius 2 is 2.24 bits per heavy atom. The molecule has 0 spiro atoms. The highest BCUT2D eigenvalue weighted by molar-refractivity contribution is 5.18. The Balaban J connectivity index is 1.38. The number of nitrogens with zero attached hydrogens (tertiary/aromatic N) is 2. The predicted molar refractivity (Wildman–Crippen MR) is 77.1 cm³/mol. The normalized spacial score (nSPS) is 49.7. The third-order valence-corrected chi connectivity index (χ3v) is 6.47. The zero-order valence-corrected chi connectivity index (χ0v) is 12.5. The molecule has 4 saturated carbocycles. The van der Waals surface area contributed by atoms with Crippen LogP contribution in [0, 0.1) is 23.2 Å². The second-order valence-corrected chi connectivity index (χ2v) is 7.86. The van der Waals surface area contributed by atoms with E-state index in [-0.39, 0.29) is 11.6 Å². The molecule has 1 heterocycles. The summed E-state index contributed by atoms with van der Waals surface area (Å²) in [6.45, 7) is 1.32. The number of nitriles is 1. The number of likely N-dealkylation sites (tertiary alicyclic amines) is 1. The van der Waals surface area contributed by atoms with Gasteiger partial charge in [0.2, 0.25) is 0 Å². The molecule has 5 rings (SSSR count). The van der Waals surface area contributed by atoms with Gasteiger partial charge < -0.3 is 15.5 Å². The molecule has 5 aliphatic rings. The quantitative estimate of drug-likeness (QED) is 0.706. The van der Waals surface area contributed by atoms with Gasteiger partial charge in [-0.3, -0.25) is 4.90 Å². The molecule has 5 unspecified atom stereocenters. The Hall–Kier alpha value is -0.670. The van der Waals surface area contributed by atoms with Gasteiger partial charge in [0.15, 0.2) is 0 Å². The van der Waals surface area contributed by atoms with Gasteiger partial charge in [-0.05, 0) is 56.8 Å². The Morgan fingerprint density at radius 3 is 2.95 bits per heavy atom. The largest absolute Gasteiger partial charge is 0.390 e. The lowest BCUT2D eigenvalue weighted by Crippen LogP contribution is -2.54. The first kappa shape index (κ1) is 14.0. The molecule has 5 heteroatoms. The maximum atomic E-state index is 10.7. The molecule has 21 heavy (non-hydrogen) atoms. The minimum Gasteiger partial charge on any atom is -0.390 e. The third-order valence-electron chi connectivity index (χ3n) is 6.47. The van der Waals surface area contributed by atoms with Crippen molar-refractivity contribution < 1.29 is 10.2 Å².